The molecular formula is C12H20N4O. The number of nitrogens with two attached hydrogens (primary N) is 1. The van der Waals surface area contributed by atoms with Crippen molar-refractivity contribution >= 4 is 5.91 Å². The Kier molecular flexibility index (Phi) is 3.19. The first-order valence-electron chi connectivity index (χ1n) is 6.13. The van der Waals surface area contributed by atoms with E-state index in [9.17, 15) is 4.79 Å². The molecule has 1 amide bonds. The van der Waals surface area contributed by atoms with Gasteiger partial charge in [-0.25, -0.2) is 0 Å². The van der Waals surface area contributed by atoms with Crippen molar-refractivity contribution in [2.75, 3.05) is 13.1 Å². The third kappa shape index (κ3) is 2.49. The van der Waals surface area contributed by atoms with E-state index >= 15 is 0 Å². The average molecular weight is 236 g/mol. The molecule has 17 heavy (non-hydrogen) atoms. The Morgan fingerprint density at radius 3 is 2.88 bits per heavy atom. The van der Waals surface area contributed by atoms with Gasteiger partial charge in [0.15, 0.2) is 0 Å². The van der Waals surface area contributed by atoms with Crippen LogP contribution >= 0.6 is 0 Å². The SMILES string of the molecule is CCn1nc(C)cc1C(=O)NCC1(CN)CC1. The summed E-state index contributed by atoms with van der Waals surface area (Å²) in [6, 6.07) is 1.82. The van der Waals surface area contributed by atoms with Gasteiger partial charge in [-0.1, -0.05) is 0 Å². The number of hydrogen-bond donors (Lipinski definition) is 2. The van der Waals surface area contributed by atoms with Crippen molar-refractivity contribution in [1.29, 1.82) is 0 Å². The van der Waals surface area contributed by atoms with Crippen LogP contribution in [0.25, 0.3) is 0 Å². The molecule has 1 saturated carbocycles. The predicted molar refractivity (Wildman–Crippen MR) is 65.7 cm³/mol. The van der Waals surface area contributed by atoms with E-state index in [-0.39, 0.29) is 11.3 Å². The summed E-state index contributed by atoms with van der Waals surface area (Å²) in [7, 11) is 0. The van der Waals surface area contributed by atoms with E-state index in [0.29, 0.717) is 25.3 Å². The molecule has 0 atom stereocenters. The fourth-order valence-electron chi connectivity index (χ4n) is 1.96. The zero-order valence-electron chi connectivity index (χ0n) is 10.5. The second-order valence-corrected chi connectivity index (χ2v) is 4.87. The van der Waals surface area contributed by atoms with Gasteiger partial charge in [0.05, 0.1) is 5.69 Å². The molecule has 1 fully saturated rings. The Labute approximate surface area is 101 Å². The van der Waals surface area contributed by atoms with Crippen molar-refractivity contribution in [3.63, 3.8) is 0 Å². The summed E-state index contributed by atoms with van der Waals surface area (Å²) in [6.07, 6.45) is 2.24. The summed E-state index contributed by atoms with van der Waals surface area (Å²) in [5, 5.41) is 7.22. The van der Waals surface area contributed by atoms with Gasteiger partial charge < -0.3 is 11.1 Å². The van der Waals surface area contributed by atoms with Gasteiger partial charge >= 0.3 is 0 Å². The van der Waals surface area contributed by atoms with E-state index in [1.165, 1.54) is 0 Å². The number of carbonyl (C=O) groups excluding carboxylic acids is 1. The first-order chi connectivity index (χ1) is 8.10. The van der Waals surface area contributed by atoms with Crippen LogP contribution in [0.15, 0.2) is 6.07 Å². The van der Waals surface area contributed by atoms with Crippen LogP contribution < -0.4 is 11.1 Å². The molecule has 1 aromatic heterocycles. The van der Waals surface area contributed by atoms with Gasteiger partial charge in [-0.3, -0.25) is 9.48 Å². The maximum absolute atomic E-state index is 12.0. The molecule has 2 rings (SSSR count). The Morgan fingerprint density at radius 2 is 2.35 bits per heavy atom. The number of nitrogens with zero attached hydrogens (tertiary/aromatic N) is 2. The monoisotopic (exact) mass is 236 g/mol. The summed E-state index contributed by atoms with van der Waals surface area (Å²) in [4.78, 5) is 12.0. The largest absolute Gasteiger partial charge is 0.350 e. The number of hydrogen-bond acceptors (Lipinski definition) is 3. The van der Waals surface area contributed by atoms with E-state index in [4.69, 9.17) is 5.73 Å². The summed E-state index contributed by atoms with van der Waals surface area (Å²) in [5.41, 5.74) is 7.36. The van der Waals surface area contributed by atoms with Gasteiger partial charge in [-0.2, -0.15) is 5.10 Å². The van der Waals surface area contributed by atoms with Gasteiger partial charge in [0, 0.05) is 18.5 Å². The third-order valence-corrected chi connectivity index (χ3v) is 3.45. The number of nitrogens with one attached hydrogen (secondary N) is 1. The highest BCUT2D eigenvalue weighted by Crippen LogP contribution is 2.43. The van der Waals surface area contributed by atoms with Crippen molar-refractivity contribution in [2.24, 2.45) is 11.1 Å². The number of aromatic nitrogens is 2. The van der Waals surface area contributed by atoms with E-state index in [2.05, 4.69) is 10.4 Å². The van der Waals surface area contributed by atoms with Crippen molar-refractivity contribution in [3.05, 3.63) is 17.5 Å². The normalized spacial score (nSPS) is 16.9. The van der Waals surface area contributed by atoms with Gasteiger partial charge in [0.25, 0.3) is 5.91 Å². The Balaban J connectivity index is 1.99. The Morgan fingerprint density at radius 1 is 1.65 bits per heavy atom. The highest BCUT2D eigenvalue weighted by Gasteiger charge is 2.41. The van der Waals surface area contributed by atoms with E-state index < -0.39 is 0 Å². The third-order valence-electron chi connectivity index (χ3n) is 3.45. The smallest absolute Gasteiger partial charge is 0.269 e. The molecule has 1 aliphatic carbocycles. The lowest BCUT2D eigenvalue weighted by Crippen LogP contribution is -2.34. The van der Waals surface area contributed by atoms with Crippen LogP contribution in [0.5, 0.6) is 0 Å². The van der Waals surface area contributed by atoms with Crippen molar-refractivity contribution < 1.29 is 4.79 Å². The molecule has 0 unspecified atom stereocenters. The molecule has 5 heteroatoms. The molecule has 0 aromatic carbocycles. The molecular weight excluding hydrogens is 216 g/mol. The van der Waals surface area contributed by atoms with E-state index in [1.54, 1.807) is 4.68 Å². The van der Waals surface area contributed by atoms with Crippen LogP contribution in [-0.4, -0.2) is 28.8 Å². The highest BCUT2D eigenvalue weighted by atomic mass is 16.2. The number of aryl methyl sites for hydroxylation is 2. The lowest BCUT2D eigenvalue weighted by Gasteiger charge is -2.13. The molecule has 0 spiro atoms. The minimum Gasteiger partial charge on any atom is -0.350 e. The van der Waals surface area contributed by atoms with Crippen molar-refractivity contribution in [1.82, 2.24) is 15.1 Å². The van der Waals surface area contributed by atoms with Crippen molar-refractivity contribution in [2.45, 2.75) is 33.2 Å². The minimum atomic E-state index is -0.0489. The molecule has 0 radical (unpaired) electrons. The maximum atomic E-state index is 12.0. The van der Waals surface area contributed by atoms with Crippen LogP contribution in [-0.2, 0) is 6.54 Å². The van der Waals surface area contributed by atoms with Crippen LogP contribution in [0.4, 0.5) is 0 Å². The summed E-state index contributed by atoms with van der Waals surface area (Å²) in [6.45, 7) is 5.91. The number of carbonyl (C=O) groups is 1. The number of rotatable bonds is 5. The molecule has 94 valence electrons. The first kappa shape index (κ1) is 12.1. The van der Waals surface area contributed by atoms with Gasteiger partial charge in [-0.05, 0) is 39.3 Å². The fraction of sp³-hybridized carbons (Fsp3) is 0.667. The van der Waals surface area contributed by atoms with Crippen LogP contribution in [0.3, 0.4) is 0 Å². The predicted octanol–water partition coefficient (Wildman–Crippen LogP) is 0.680. The highest BCUT2D eigenvalue weighted by molar-refractivity contribution is 5.92. The van der Waals surface area contributed by atoms with Gasteiger partial charge in [-0.15, -0.1) is 0 Å². The van der Waals surface area contributed by atoms with Crippen LogP contribution in [0, 0.1) is 12.3 Å². The van der Waals surface area contributed by atoms with Gasteiger partial charge in [0.2, 0.25) is 0 Å². The molecule has 1 heterocycles. The van der Waals surface area contributed by atoms with E-state index in [0.717, 1.165) is 18.5 Å². The Hall–Kier alpha value is -1.36. The fourth-order valence-corrected chi connectivity index (χ4v) is 1.96. The topological polar surface area (TPSA) is 72.9 Å². The molecule has 0 bridgehead atoms. The van der Waals surface area contributed by atoms with Crippen LogP contribution in [0.1, 0.15) is 35.9 Å². The zero-order chi connectivity index (χ0) is 12.5. The maximum Gasteiger partial charge on any atom is 0.269 e. The molecule has 1 aliphatic rings. The van der Waals surface area contributed by atoms with Crippen LogP contribution in [0.2, 0.25) is 0 Å². The molecule has 0 aliphatic heterocycles. The van der Waals surface area contributed by atoms with Gasteiger partial charge in [0.1, 0.15) is 5.69 Å². The standard InChI is InChI=1S/C12H20N4O/c1-3-16-10(6-9(2)15-16)11(17)14-8-12(7-13)4-5-12/h6H,3-5,7-8,13H2,1-2H3,(H,14,17). The lowest BCUT2D eigenvalue weighted by atomic mass is 10.1. The lowest BCUT2D eigenvalue weighted by molar-refractivity contribution is 0.0934. The second-order valence-electron chi connectivity index (χ2n) is 4.87. The molecule has 3 N–H and O–H groups in total. The molecule has 0 saturated heterocycles. The summed E-state index contributed by atoms with van der Waals surface area (Å²) in [5.74, 6) is -0.0489. The number of amides is 1. The average Bonchev–Trinajstić information content (AvgIpc) is 3.02. The summed E-state index contributed by atoms with van der Waals surface area (Å²) >= 11 is 0. The minimum absolute atomic E-state index is 0.0489. The van der Waals surface area contributed by atoms with E-state index in [1.807, 2.05) is 19.9 Å². The first-order valence-corrected chi connectivity index (χ1v) is 6.13. The summed E-state index contributed by atoms with van der Waals surface area (Å²) < 4.78 is 1.73. The van der Waals surface area contributed by atoms with Crippen molar-refractivity contribution in [3.8, 4) is 0 Å². The molecule has 5 nitrogen and oxygen atoms in total. The zero-order valence-corrected chi connectivity index (χ0v) is 10.5. The second kappa shape index (κ2) is 4.49. The Bertz CT molecular complexity index is 420. The quantitative estimate of drug-likeness (QED) is 0.789. The molecule has 1 aromatic rings.